The van der Waals surface area contributed by atoms with Crippen LogP contribution in [0.25, 0.3) is 17.1 Å². The Morgan fingerprint density at radius 3 is 2.62 bits per heavy atom. The third-order valence-corrected chi connectivity index (χ3v) is 3.13. The molecular weight excluding hydrogens is 327 g/mol. The highest BCUT2D eigenvalue weighted by atomic mass is 19.4. The number of aromatic nitrogens is 4. The van der Waals surface area contributed by atoms with E-state index in [0.29, 0.717) is 11.1 Å². The Balaban J connectivity index is 2.02. The lowest BCUT2D eigenvalue weighted by Crippen LogP contribution is -2.11. The normalized spacial score (nSPS) is 11.5. The van der Waals surface area contributed by atoms with Gasteiger partial charge in [0.1, 0.15) is 5.69 Å². The van der Waals surface area contributed by atoms with Gasteiger partial charge < -0.3 is 0 Å². The topological polar surface area (TPSA) is 86.7 Å². The number of nitro benzene ring substituents is 1. The van der Waals surface area contributed by atoms with Crippen LogP contribution in [0.4, 0.5) is 18.9 Å². The second kappa shape index (κ2) is 5.72. The van der Waals surface area contributed by atoms with E-state index in [4.69, 9.17) is 0 Å². The minimum atomic E-state index is -4.61. The number of rotatable bonds is 3. The van der Waals surface area contributed by atoms with Gasteiger partial charge in [-0.2, -0.15) is 18.3 Å². The van der Waals surface area contributed by atoms with Crippen molar-refractivity contribution in [2.75, 3.05) is 0 Å². The Hall–Kier alpha value is -3.30. The fourth-order valence-electron chi connectivity index (χ4n) is 2.06. The fourth-order valence-corrected chi connectivity index (χ4v) is 2.06. The smallest absolute Gasteiger partial charge is 0.258 e. The Kier molecular flexibility index (Phi) is 3.72. The quantitative estimate of drug-likeness (QED) is 0.541. The van der Waals surface area contributed by atoms with Gasteiger partial charge in [-0.15, -0.1) is 0 Å². The zero-order valence-corrected chi connectivity index (χ0v) is 11.8. The number of halogens is 3. The maximum atomic E-state index is 12.7. The first-order valence-corrected chi connectivity index (χ1v) is 6.55. The average molecular weight is 335 g/mol. The highest BCUT2D eigenvalue weighted by Gasteiger charge is 2.33. The van der Waals surface area contributed by atoms with E-state index in [9.17, 15) is 23.3 Å². The predicted octanol–water partition coefficient (Wildman–Crippen LogP) is 3.26. The van der Waals surface area contributed by atoms with Crippen molar-refractivity contribution >= 4 is 5.69 Å². The van der Waals surface area contributed by atoms with Gasteiger partial charge in [0.15, 0.2) is 0 Å². The molecule has 0 unspecified atom stereocenters. The predicted molar refractivity (Wildman–Crippen MR) is 76.2 cm³/mol. The van der Waals surface area contributed by atoms with E-state index in [1.807, 2.05) is 0 Å². The van der Waals surface area contributed by atoms with Crippen LogP contribution in [-0.4, -0.2) is 24.7 Å². The summed E-state index contributed by atoms with van der Waals surface area (Å²) in [5.74, 6) is -0.283. The fraction of sp³-hybridized carbons (Fsp3) is 0.0714. The number of benzene rings is 1. The van der Waals surface area contributed by atoms with Crippen LogP contribution in [0.2, 0.25) is 0 Å². The van der Waals surface area contributed by atoms with Gasteiger partial charge in [0, 0.05) is 24.0 Å². The van der Waals surface area contributed by atoms with E-state index in [0.717, 1.165) is 16.9 Å². The van der Waals surface area contributed by atoms with Crippen LogP contribution in [0.3, 0.4) is 0 Å². The van der Waals surface area contributed by atoms with E-state index in [1.165, 1.54) is 30.6 Å². The second-order valence-electron chi connectivity index (χ2n) is 4.69. The maximum absolute atomic E-state index is 12.7. The number of alkyl halides is 3. The van der Waals surface area contributed by atoms with Crippen LogP contribution in [0.1, 0.15) is 5.69 Å². The summed E-state index contributed by atoms with van der Waals surface area (Å²) in [7, 11) is 0. The van der Waals surface area contributed by atoms with Crippen molar-refractivity contribution in [2.45, 2.75) is 6.18 Å². The molecule has 0 saturated carbocycles. The van der Waals surface area contributed by atoms with Crippen LogP contribution in [0.5, 0.6) is 0 Å². The van der Waals surface area contributed by atoms with E-state index < -0.39 is 16.8 Å². The third kappa shape index (κ3) is 2.93. The summed E-state index contributed by atoms with van der Waals surface area (Å²) in [5.41, 5.74) is -0.582. The molecule has 0 aliphatic carbocycles. The molecule has 3 rings (SSSR count). The summed E-state index contributed by atoms with van der Waals surface area (Å²) in [5, 5.41) is 14.9. The van der Waals surface area contributed by atoms with Crippen LogP contribution in [0.15, 0.2) is 48.9 Å². The highest BCUT2D eigenvalue weighted by Crippen LogP contribution is 2.30. The Morgan fingerprint density at radius 1 is 1.17 bits per heavy atom. The van der Waals surface area contributed by atoms with Crippen molar-refractivity contribution in [1.82, 2.24) is 19.7 Å². The van der Waals surface area contributed by atoms with Crippen molar-refractivity contribution in [3.63, 3.8) is 0 Å². The lowest BCUT2D eigenvalue weighted by atomic mass is 10.1. The monoisotopic (exact) mass is 335 g/mol. The summed E-state index contributed by atoms with van der Waals surface area (Å²) >= 11 is 0. The van der Waals surface area contributed by atoms with Gasteiger partial charge in [-0.1, -0.05) is 12.1 Å². The molecule has 0 radical (unpaired) electrons. The Morgan fingerprint density at radius 2 is 1.92 bits per heavy atom. The molecule has 0 saturated heterocycles. The molecule has 0 spiro atoms. The van der Waals surface area contributed by atoms with Crippen molar-refractivity contribution < 1.29 is 18.1 Å². The molecule has 24 heavy (non-hydrogen) atoms. The molecule has 10 heteroatoms. The first-order chi connectivity index (χ1) is 11.4. The molecule has 1 aromatic carbocycles. The zero-order chi connectivity index (χ0) is 17.3. The van der Waals surface area contributed by atoms with Crippen molar-refractivity contribution in [2.24, 2.45) is 0 Å². The number of nitro groups is 1. The minimum Gasteiger partial charge on any atom is -0.258 e. The van der Waals surface area contributed by atoms with E-state index >= 15 is 0 Å². The SMILES string of the molecule is O=[N+]([O-])c1ccccc1-c1cnn(-c2nccc(C(F)(F)F)n2)c1. The summed E-state index contributed by atoms with van der Waals surface area (Å²) in [4.78, 5) is 17.7. The van der Waals surface area contributed by atoms with Gasteiger partial charge in [-0.05, 0) is 12.1 Å². The molecular formula is C14H8F3N5O2. The van der Waals surface area contributed by atoms with E-state index in [1.54, 1.807) is 6.07 Å². The Bertz CT molecular complexity index is 907. The molecule has 0 aliphatic rings. The Labute approximate surface area is 132 Å². The molecule has 0 atom stereocenters. The molecule has 3 aromatic rings. The zero-order valence-electron chi connectivity index (χ0n) is 11.8. The lowest BCUT2D eigenvalue weighted by molar-refractivity contribution is -0.384. The third-order valence-electron chi connectivity index (χ3n) is 3.13. The van der Waals surface area contributed by atoms with Crippen LogP contribution in [-0.2, 0) is 6.18 Å². The first kappa shape index (κ1) is 15.6. The number of hydrogen-bond donors (Lipinski definition) is 0. The lowest BCUT2D eigenvalue weighted by Gasteiger charge is -2.06. The molecule has 0 amide bonds. The number of nitrogens with zero attached hydrogens (tertiary/aromatic N) is 5. The minimum absolute atomic E-state index is 0.137. The van der Waals surface area contributed by atoms with Gasteiger partial charge in [0.25, 0.3) is 11.6 Å². The van der Waals surface area contributed by atoms with E-state index in [2.05, 4.69) is 15.1 Å². The van der Waals surface area contributed by atoms with Crippen molar-refractivity contribution in [1.29, 1.82) is 0 Å². The number of hydrogen-bond acceptors (Lipinski definition) is 5. The summed E-state index contributed by atoms with van der Waals surface area (Å²) in [6.07, 6.45) is -1.01. The first-order valence-electron chi connectivity index (χ1n) is 6.55. The average Bonchev–Trinajstić information content (AvgIpc) is 3.04. The van der Waals surface area contributed by atoms with Gasteiger partial charge in [0.05, 0.1) is 16.7 Å². The molecule has 122 valence electrons. The molecule has 0 aliphatic heterocycles. The molecule has 2 aromatic heterocycles. The molecule has 0 fully saturated rings. The summed E-state index contributed by atoms with van der Waals surface area (Å²) in [6, 6.07) is 6.72. The van der Waals surface area contributed by atoms with E-state index in [-0.39, 0.29) is 11.6 Å². The second-order valence-corrected chi connectivity index (χ2v) is 4.69. The van der Waals surface area contributed by atoms with Crippen LogP contribution < -0.4 is 0 Å². The number of para-hydroxylation sites is 1. The molecule has 0 N–H and O–H groups in total. The highest BCUT2D eigenvalue weighted by molar-refractivity contribution is 5.72. The van der Waals surface area contributed by atoms with Crippen LogP contribution >= 0.6 is 0 Å². The van der Waals surface area contributed by atoms with Gasteiger partial charge >= 0.3 is 6.18 Å². The maximum Gasteiger partial charge on any atom is 0.433 e. The molecule has 0 bridgehead atoms. The van der Waals surface area contributed by atoms with Gasteiger partial charge in [0.2, 0.25) is 0 Å². The summed E-state index contributed by atoms with van der Waals surface area (Å²) in [6.45, 7) is 0. The standard InChI is InChI=1S/C14H8F3N5O2/c15-14(16,17)12-5-6-18-13(20-12)21-8-9(7-19-21)10-3-1-2-4-11(10)22(23)24/h1-8H. The largest absolute Gasteiger partial charge is 0.433 e. The van der Waals surface area contributed by atoms with Gasteiger partial charge in [-0.25, -0.2) is 14.6 Å². The molecule has 7 nitrogen and oxygen atoms in total. The van der Waals surface area contributed by atoms with Gasteiger partial charge in [-0.3, -0.25) is 10.1 Å². The summed E-state index contributed by atoms with van der Waals surface area (Å²) < 4.78 is 39.1. The van der Waals surface area contributed by atoms with Crippen molar-refractivity contribution in [3.05, 3.63) is 64.7 Å². The van der Waals surface area contributed by atoms with Crippen molar-refractivity contribution in [3.8, 4) is 17.1 Å². The van der Waals surface area contributed by atoms with Crippen LogP contribution in [0, 0.1) is 10.1 Å². The molecule has 2 heterocycles.